The van der Waals surface area contributed by atoms with Crippen molar-refractivity contribution in [1.82, 2.24) is 19.6 Å². The fraction of sp³-hybridized carbons (Fsp3) is 0.517. The molecule has 1 unspecified atom stereocenters. The van der Waals surface area contributed by atoms with Gasteiger partial charge in [0.05, 0.1) is 11.2 Å². The molecule has 1 atom stereocenters. The zero-order valence-corrected chi connectivity index (χ0v) is 22.4. The number of nitrogens with zero attached hydrogens (tertiary/aromatic N) is 4. The number of hydrogen-bond acceptors (Lipinski definition) is 7. The van der Waals surface area contributed by atoms with Crippen LogP contribution in [-0.2, 0) is 28.0 Å². The summed E-state index contributed by atoms with van der Waals surface area (Å²) >= 11 is 0. The van der Waals surface area contributed by atoms with E-state index in [1.807, 2.05) is 19.9 Å². The number of ether oxygens (including phenoxy) is 1. The van der Waals surface area contributed by atoms with Gasteiger partial charge < -0.3 is 14.9 Å². The fourth-order valence-electron chi connectivity index (χ4n) is 5.99. The van der Waals surface area contributed by atoms with Crippen LogP contribution in [0.1, 0.15) is 80.7 Å². The second-order valence-corrected chi connectivity index (χ2v) is 11.4. The minimum absolute atomic E-state index is 0.0106. The van der Waals surface area contributed by atoms with Gasteiger partial charge in [0.2, 0.25) is 0 Å². The predicted octanol–water partition coefficient (Wildman–Crippen LogP) is 4.97. The zero-order chi connectivity index (χ0) is 27.2. The molecule has 8 nitrogen and oxygen atoms in total. The van der Waals surface area contributed by atoms with Gasteiger partial charge in [0.1, 0.15) is 17.2 Å². The summed E-state index contributed by atoms with van der Waals surface area (Å²) in [5.41, 5.74) is 0.737. The Labute approximate surface area is 221 Å². The van der Waals surface area contributed by atoms with Crippen LogP contribution in [0, 0.1) is 25.6 Å². The van der Waals surface area contributed by atoms with Crippen LogP contribution in [0.3, 0.4) is 0 Å². The number of benzene rings is 1. The maximum absolute atomic E-state index is 14.7. The van der Waals surface area contributed by atoms with Crippen LogP contribution in [0.5, 0.6) is 0 Å². The van der Waals surface area contributed by atoms with E-state index in [4.69, 9.17) is 4.74 Å². The lowest BCUT2D eigenvalue weighted by Crippen LogP contribution is -2.46. The quantitative estimate of drug-likeness (QED) is 0.422. The van der Waals surface area contributed by atoms with E-state index in [2.05, 4.69) is 15.1 Å². The fourth-order valence-corrected chi connectivity index (χ4v) is 5.99. The normalized spacial score (nSPS) is 20.9. The molecule has 1 saturated carbocycles. The molecule has 0 bridgehead atoms. The van der Waals surface area contributed by atoms with Gasteiger partial charge in [-0.3, -0.25) is 0 Å². The summed E-state index contributed by atoms with van der Waals surface area (Å²) in [6, 6.07) is 6.75. The van der Waals surface area contributed by atoms with Crippen molar-refractivity contribution in [2.75, 3.05) is 0 Å². The van der Waals surface area contributed by atoms with Crippen molar-refractivity contribution < 1.29 is 24.1 Å². The van der Waals surface area contributed by atoms with Crippen molar-refractivity contribution in [2.24, 2.45) is 5.92 Å². The van der Waals surface area contributed by atoms with Crippen LogP contribution in [0.2, 0.25) is 0 Å². The Morgan fingerprint density at radius 3 is 2.58 bits per heavy atom. The first-order valence-electron chi connectivity index (χ1n) is 13.3. The van der Waals surface area contributed by atoms with E-state index in [0.29, 0.717) is 24.4 Å². The van der Waals surface area contributed by atoms with Gasteiger partial charge in [0, 0.05) is 29.8 Å². The van der Waals surface area contributed by atoms with Gasteiger partial charge >= 0.3 is 5.97 Å². The Hall–Kier alpha value is -3.33. The maximum Gasteiger partial charge on any atom is 0.338 e. The molecule has 202 valence electrons. The minimum Gasteiger partial charge on any atom is -0.512 e. The first kappa shape index (κ1) is 26.3. The summed E-state index contributed by atoms with van der Waals surface area (Å²) in [6.07, 6.45) is 5.15. The molecule has 0 radical (unpaired) electrons. The number of hydrogen-bond donors (Lipinski definition) is 2. The van der Waals surface area contributed by atoms with Gasteiger partial charge in [-0.1, -0.05) is 25.0 Å². The van der Waals surface area contributed by atoms with Gasteiger partial charge in [-0.2, -0.15) is 4.98 Å². The van der Waals surface area contributed by atoms with E-state index < -0.39 is 23.0 Å². The molecule has 3 aromatic rings. The third kappa shape index (κ3) is 5.04. The molecule has 9 heteroatoms. The molecule has 0 amide bonds. The zero-order valence-electron chi connectivity index (χ0n) is 22.4. The lowest BCUT2D eigenvalue weighted by molar-refractivity contribution is -0.167. The number of cyclic esters (lactones) is 1. The molecule has 1 aliphatic heterocycles. The summed E-state index contributed by atoms with van der Waals surface area (Å²) in [5.74, 6) is -0.0417. The Kier molecular flexibility index (Phi) is 6.75. The van der Waals surface area contributed by atoms with Gasteiger partial charge in [-0.15, -0.1) is 5.10 Å². The van der Waals surface area contributed by atoms with Crippen molar-refractivity contribution in [3.63, 3.8) is 0 Å². The van der Waals surface area contributed by atoms with E-state index in [1.165, 1.54) is 6.07 Å². The highest BCUT2D eigenvalue weighted by Crippen LogP contribution is 2.46. The third-order valence-corrected chi connectivity index (χ3v) is 7.98. The number of esters is 1. The third-order valence-electron chi connectivity index (χ3n) is 7.98. The van der Waals surface area contributed by atoms with Crippen LogP contribution in [0.25, 0.3) is 5.78 Å². The van der Waals surface area contributed by atoms with Crippen molar-refractivity contribution >= 4 is 11.7 Å². The molecule has 1 aromatic carbocycles. The van der Waals surface area contributed by atoms with Crippen LogP contribution < -0.4 is 0 Å². The van der Waals surface area contributed by atoms with Crippen molar-refractivity contribution in [1.29, 1.82) is 0 Å². The number of carbonyl (C=O) groups is 1. The van der Waals surface area contributed by atoms with E-state index in [-0.39, 0.29) is 35.7 Å². The lowest BCUT2D eigenvalue weighted by Gasteiger charge is -2.41. The van der Waals surface area contributed by atoms with Crippen LogP contribution in [-0.4, -0.2) is 41.4 Å². The number of halogens is 1. The number of aromatic nitrogens is 4. The summed E-state index contributed by atoms with van der Waals surface area (Å²) < 4.78 is 22.5. The van der Waals surface area contributed by atoms with Gasteiger partial charge in [-0.05, 0) is 77.0 Å². The van der Waals surface area contributed by atoms with Crippen molar-refractivity contribution in [3.05, 3.63) is 69.8 Å². The van der Waals surface area contributed by atoms with Crippen LogP contribution in [0.15, 0.2) is 35.6 Å². The van der Waals surface area contributed by atoms with Crippen LogP contribution >= 0.6 is 0 Å². The molecule has 2 N–H and O–H groups in total. The molecule has 3 heterocycles. The van der Waals surface area contributed by atoms with Gasteiger partial charge in [0.25, 0.3) is 5.78 Å². The number of fused-ring (bicyclic) bond motifs is 1. The second-order valence-electron chi connectivity index (χ2n) is 11.4. The topological polar surface area (TPSA) is 110 Å². The number of carbonyl (C=O) groups excluding carboxylic acids is 1. The van der Waals surface area contributed by atoms with E-state index in [0.717, 1.165) is 42.6 Å². The highest BCUT2D eigenvalue weighted by molar-refractivity contribution is 5.90. The molecule has 1 aliphatic carbocycles. The summed E-state index contributed by atoms with van der Waals surface area (Å²) in [5, 5.41) is 25.8. The molecule has 0 saturated heterocycles. The second kappa shape index (κ2) is 9.76. The molecule has 1 fully saturated rings. The van der Waals surface area contributed by atoms with E-state index in [1.54, 1.807) is 30.5 Å². The number of aliphatic hydroxyl groups is 2. The first-order chi connectivity index (χ1) is 17.9. The molecule has 38 heavy (non-hydrogen) atoms. The van der Waals surface area contributed by atoms with Crippen molar-refractivity contribution in [3.8, 4) is 0 Å². The van der Waals surface area contributed by atoms with Crippen molar-refractivity contribution in [2.45, 2.75) is 90.3 Å². The van der Waals surface area contributed by atoms with E-state index >= 15 is 0 Å². The smallest absolute Gasteiger partial charge is 0.338 e. The standard InChI is InChI=1S/C29H35FN4O4/c1-17-13-18(2)34-27(31-17)32-25(33-34)15-21-24(35)16-29(38-26(21)36,20-7-5-6-8-20)12-11-19-9-10-22(23(30)14-19)28(3,4)37/h9-10,13-14,20,35,37H,5-8,11-12,15-16H2,1-4H3. The molecule has 0 spiro atoms. The van der Waals surface area contributed by atoms with Gasteiger partial charge in [-0.25, -0.2) is 18.7 Å². The van der Waals surface area contributed by atoms with Gasteiger partial charge in [0.15, 0.2) is 5.82 Å². The monoisotopic (exact) mass is 522 g/mol. The Morgan fingerprint density at radius 1 is 1.18 bits per heavy atom. The first-order valence-corrected chi connectivity index (χ1v) is 13.3. The molecule has 2 aromatic heterocycles. The molecular formula is C29H35FN4O4. The van der Waals surface area contributed by atoms with Crippen LogP contribution in [0.4, 0.5) is 4.39 Å². The summed E-state index contributed by atoms with van der Waals surface area (Å²) in [6.45, 7) is 6.89. The largest absolute Gasteiger partial charge is 0.512 e. The minimum atomic E-state index is -1.27. The number of rotatable bonds is 7. The predicted molar refractivity (Wildman–Crippen MR) is 139 cm³/mol. The SMILES string of the molecule is Cc1cc(C)n2nc(CC3=C(O)CC(CCc4ccc(C(C)(C)O)c(F)c4)(C4CCCC4)OC3=O)nc2n1. The maximum atomic E-state index is 14.7. The number of aliphatic hydroxyl groups excluding tert-OH is 1. The molecule has 5 rings (SSSR count). The Morgan fingerprint density at radius 2 is 1.92 bits per heavy atom. The Balaban J connectivity index is 1.39. The lowest BCUT2D eigenvalue weighted by atomic mass is 9.76. The number of aryl methyl sites for hydroxylation is 3. The molecular weight excluding hydrogens is 487 g/mol. The highest BCUT2D eigenvalue weighted by Gasteiger charge is 2.48. The summed E-state index contributed by atoms with van der Waals surface area (Å²) in [7, 11) is 0. The average Bonchev–Trinajstić information content (AvgIpc) is 3.50. The molecule has 2 aliphatic rings. The highest BCUT2D eigenvalue weighted by atomic mass is 19.1. The average molecular weight is 523 g/mol. The van der Waals surface area contributed by atoms with E-state index in [9.17, 15) is 19.4 Å². The Bertz CT molecular complexity index is 1420. The summed E-state index contributed by atoms with van der Waals surface area (Å²) in [4.78, 5) is 22.2.